The molecular weight excluding hydrogens is 266 g/mol. The molecule has 1 N–H and O–H groups in total. The first-order valence-electron chi connectivity index (χ1n) is 7.08. The van der Waals surface area contributed by atoms with Crippen molar-refractivity contribution in [2.45, 2.75) is 18.9 Å². The molecule has 1 aromatic carbocycles. The Morgan fingerprint density at radius 1 is 1.33 bits per heavy atom. The van der Waals surface area contributed by atoms with E-state index in [-0.39, 0.29) is 6.04 Å². The molecule has 1 aromatic heterocycles. The number of hydrogen-bond donors (Lipinski definition) is 1. The lowest BCUT2D eigenvalue weighted by Crippen LogP contribution is -2.19. The van der Waals surface area contributed by atoms with E-state index in [9.17, 15) is 0 Å². The molecule has 110 valence electrons. The summed E-state index contributed by atoms with van der Waals surface area (Å²) in [4.78, 5) is 8.36. The standard InChI is InChI=1S/C16H19N3O2/c1-17-14(8-13-9-16(20-2)19-10-18-13)11-3-4-15-12(7-11)5-6-21-15/h3-4,7,9-10,14,17H,5-6,8H2,1-2H3. The van der Waals surface area contributed by atoms with Crippen molar-refractivity contribution < 1.29 is 9.47 Å². The first-order valence-corrected chi connectivity index (χ1v) is 7.08. The molecule has 0 saturated heterocycles. The number of fused-ring (bicyclic) bond motifs is 1. The average Bonchev–Trinajstić information content (AvgIpc) is 3.00. The van der Waals surface area contributed by atoms with Crippen molar-refractivity contribution >= 4 is 0 Å². The van der Waals surface area contributed by atoms with Gasteiger partial charge < -0.3 is 14.8 Å². The predicted molar refractivity (Wildman–Crippen MR) is 79.7 cm³/mol. The Kier molecular flexibility index (Phi) is 4.01. The Morgan fingerprint density at radius 2 is 2.24 bits per heavy atom. The highest BCUT2D eigenvalue weighted by molar-refractivity contribution is 5.41. The van der Waals surface area contributed by atoms with Gasteiger partial charge in [-0.1, -0.05) is 12.1 Å². The molecule has 1 aliphatic rings. The third-order valence-electron chi connectivity index (χ3n) is 3.79. The van der Waals surface area contributed by atoms with Gasteiger partial charge in [-0.25, -0.2) is 9.97 Å². The monoisotopic (exact) mass is 285 g/mol. The molecule has 0 aliphatic carbocycles. The average molecular weight is 285 g/mol. The molecule has 1 unspecified atom stereocenters. The molecule has 5 nitrogen and oxygen atoms in total. The van der Waals surface area contributed by atoms with E-state index in [0.29, 0.717) is 5.88 Å². The van der Waals surface area contributed by atoms with Crippen LogP contribution >= 0.6 is 0 Å². The second-order valence-electron chi connectivity index (χ2n) is 5.06. The summed E-state index contributed by atoms with van der Waals surface area (Å²) < 4.78 is 10.7. The van der Waals surface area contributed by atoms with Gasteiger partial charge in [-0.05, 0) is 24.2 Å². The van der Waals surface area contributed by atoms with E-state index < -0.39 is 0 Å². The van der Waals surface area contributed by atoms with Crippen molar-refractivity contribution in [3.63, 3.8) is 0 Å². The molecule has 0 saturated carbocycles. The number of aromatic nitrogens is 2. The molecule has 2 heterocycles. The number of nitrogens with one attached hydrogen (secondary N) is 1. The molecule has 1 atom stereocenters. The Hall–Kier alpha value is -2.14. The number of methoxy groups -OCH3 is 1. The molecule has 0 amide bonds. The van der Waals surface area contributed by atoms with Crippen molar-refractivity contribution in [1.29, 1.82) is 0 Å². The van der Waals surface area contributed by atoms with Crippen LogP contribution in [0.2, 0.25) is 0 Å². The predicted octanol–water partition coefficient (Wildman–Crippen LogP) is 1.92. The van der Waals surface area contributed by atoms with Crippen molar-refractivity contribution in [2.24, 2.45) is 0 Å². The quantitative estimate of drug-likeness (QED) is 0.909. The molecule has 0 spiro atoms. The maximum Gasteiger partial charge on any atom is 0.216 e. The van der Waals surface area contributed by atoms with Crippen molar-refractivity contribution in [2.75, 3.05) is 20.8 Å². The van der Waals surface area contributed by atoms with Crippen LogP contribution in [0.4, 0.5) is 0 Å². The Balaban J connectivity index is 1.81. The largest absolute Gasteiger partial charge is 0.493 e. The summed E-state index contributed by atoms with van der Waals surface area (Å²) in [6, 6.07) is 8.48. The second-order valence-corrected chi connectivity index (χ2v) is 5.06. The molecule has 5 heteroatoms. The summed E-state index contributed by atoms with van der Waals surface area (Å²) in [5, 5.41) is 3.35. The first kappa shape index (κ1) is 13.8. The maximum atomic E-state index is 5.56. The minimum atomic E-state index is 0.204. The summed E-state index contributed by atoms with van der Waals surface area (Å²) in [7, 11) is 3.58. The van der Waals surface area contributed by atoms with Gasteiger partial charge in [0.15, 0.2) is 0 Å². The molecule has 0 fully saturated rings. The zero-order valence-corrected chi connectivity index (χ0v) is 12.3. The van der Waals surface area contributed by atoms with Gasteiger partial charge in [-0.3, -0.25) is 0 Å². The molecule has 3 rings (SSSR count). The number of benzene rings is 1. The van der Waals surface area contributed by atoms with Gasteiger partial charge in [0.25, 0.3) is 0 Å². The fourth-order valence-corrected chi connectivity index (χ4v) is 2.62. The normalized spacial score (nSPS) is 14.4. The van der Waals surface area contributed by atoms with Crippen LogP contribution in [0.5, 0.6) is 11.6 Å². The summed E-state index contributed by atoms with van der Waals surface area (Å²) in [6.45, 7) is 0.784. The van der Waals surface area contributed by atoms with Crippen LogP contribution in [-0.2, 0) is 12.8 Å². The summed E-state index contributed by atoms with van der Waals surface area (Å²) >= 11 is 0. The SMILES string of the molecule is CNC(Cc1cc(OC)ncn1)c1ccc2c(c1)CCO2. The molecule has 1 aliphatic heterocycles. The van der Waals surface area contributed by atoms with E-state index in [1.54, 1.807) is 7.11 Å². The van der Waals surface area contributed by atoms with E-state index in [1.807, 2.05) is 13.1 Å². The van der Waals surface area contributed by atoms with Crippen molar-refractivity contribution in [3.8, 4) is 11.6 Å². The Bertz CT molecular complexity index is 631. The van der Waals surface area contributed by atoms with Gasteiger partial charge in [-0.15, -0.1) is 0 Å². The van der Waals surface area contributed by atoms with Crippen LogP contribution in [-0.4, -0.2) is 30.7 Å². The van der Waals surface area contributed by atoms with E-state index in [2.05, 4.69) is 33.5 Å². The van der Waals surface area contributed by atoms with Crippen LogP contribution in [0, 0.1) is 0 Å². The van der Waals surface area contributed by atoms with Crippen LogP contribution in [0.15, 0.2) is 30.6 Å². The number of likely N-dealkylation sites (N-methyl/N-ethyl adjacent to an activating group) is 1. The van der Waals surface area contributed by atoms with Gasteiger partial charge in [0.1, 0.15) is 12.1 Å². The third-order valence-corrected chi connectivity index (χ3v) is 3.79. The molecule has 0 bridgehead atoms. The van der Waals surface area contributed by atoms with E-state index in [4.69, 9.17) is 9.47 Å². The highest BCUT2D eigenvalue weighted by atomic mass is 16.5. The first-order chi connectivity index (χ1) is 10.3. The van der Waals surface area contributed by atoms with E-state index in [1.165, 1.54) is 17.5 Å². The third kappa shape index (κ3) is 2.97. The fourth-order valence-electron chi connectivity index (χ4n) is 2.62. The van der Waals surface area contributed by atoms with Crippen LogP contribution in [0.3, 0.4) is 0 Å². The molecule has 2 aromatic rings. The summed E-state index contributed by atoms with van der Waals surface area (Å²) in [5.41, 5.74) is 3.49. The van der Waals surface area contributed by atoms with Gasteiger partial charge in [0.2, 0.25) is 5.88 Å². The lowest BCUT2D eigenvalue weighted by molar-refractivity contribution is 0.356. The van der Waals surface area contributed by atoms with Gasteiger partial charge >= 0.3 is 0 Å². The number of hydrogen-bond acceptors (Lipinski definition) is 5. The number of nitrogens with zero attached hydrogens (tertiary/aromatic N) is 2. The Morgan fingerprint density at radius 3 is 3.05 bits per heavy atom. The maximum absolute atomic E-state index is 5.56. The van der Waals surface area contributed by atoms with Crippen molar-refractivity contribution in [3.05, 3.63) is 47.4 Å². The van der Waals surface area contributed by atoms with Gasteiger partial charge in [-0.2, -0.15) is 0 Å². The lowest BCUT2D eigenvalue weighted by Gasteiger charge is -2.17. The molecular formula is C16H19N3O2. The van der Waals surface area contributed by atoms with Crippen LogP contribution in [0.25, 0.3) is 0 Å². The topological polar surface area (TPSA) is 56.3 Å². The molecule has 0 radical (unpaired) electrons. The summed E-state index contributed by atoms with van der Waals surface area (Å²) in [6.07, 6.45) is 3.31. The fraction of sp³-hybridized carbons (Fsp3) is 0.375. The van der Waals surface area contributed by atoms with Gasteiger partial charge in [0.05, 0.1) is 13.7 Å². The minimum Gasteiger partial charge on any atom is -0.493 e. The highest BCUT2D eigenvalue weighted by Gasteiger charge is 2.17. The number of rotatable bonds is 5. The van der Waals surface area contributed by atoms with Gasteiger partial charge in [0, 0.05) is 30.6 Å². The highest BCUT2D eigenvalue weighted by Crippen LogP contribution is 2.29. The zero-order chi connectivity index (χ0) is 14.7. The lowest BCUT2D eigenvalue weighted by atomic mass is 9.99. The van der Waals surface area contributed by atoms with E-state index in [0.717, 1.165) is 30.9 Å². The van der Waals surface area contributed by atoms with Crippen molar-refractivity contribution in [1.82, 2.24) is 15.3 Å². The second kappa shape index (κ2) is 6.10. The number of ether oxygens (including phenoxy) is 2. The Labute approximate surface area is 124 Å². The summed E-state index contributed by atoms with van der Waals surface area (Å²) in [5.74, 6) is 1.61. The van der Waals surface area contributed by atoms with E-state index >= 15 is 0 Å². The smallest absolute Gasteiger partial charge is 0.216 e. The zero-order valence-electron chi connectivity index (χ0n) is 12.3. The minimum absolute atomic E-state index is 0.204. The van der Waals surface area contributed by atoms with Crippen LogP contribution in [0.1, 0.15) is 22.9 Å². The molecule has 21 heavy (non-hydrogen) atoms. The van der Waals surface area contributed by atoms with Crippen LogP contribution < -0.4 is 14.8 Å².